The fraction of sp³-hybridized carbons (Fsp3) is 0.222. The van der Waals surface area contributed by atoms with E-state index >= 15 is 0 Å². The van der Waals surface area contributed by atoms with Crippen molar-refractivity contribution >= 4 is 40.4 Å². The number of aromatic nitrogens is 1. The van der Waals surface area contributed by atoms with Crippen molar-refractivity contribution in [3.8, 4) is 0 Å². The average molecular weight is 502 g/mol. The first kappa shape index (κ1) is 23.6. The molecule has 1 atom stereocenters. The Morgan fingerprint density at radius 1 is 1.06 bits per heavy atom. The number of thiazole rings is 1. The molecule has 0 aliphatic carbocycles. The van der Waals surface area contributed by atoms with Crippen molar-refractivity contribution in [2.24, 2.45) is 4.99 Å². The number of fused-ring (bicyclic) bond motifs is 2. The van der Waals surface area contributed by atoms with Gasteiger partial charge in [-0.05, 0) is 32.4 Å². The Kier molecular flexibility index (Phi) is 5.80. The Hall–Kier alpha value is -4.11. The van der Waals surface area contributed by atoms with Crippen LogP contribution in [0.1, 0.15) is 43.5 Å². The zero-order valence-electron chi connectivity index (χ0n) is 20.2. The number of para-hydroxylation sites is 1. The van der Waals surface area contributed by atoms with Gasteiger partial charge in [0.2, 0.25) is 5.91 Å². The Morgan fingerprint density at radius 3 is 2.42 bits per heavy atom. The van der Waals surface area contributed by atoms with Crippen molar-refractivity contribution in [1.29, 1.82) is 0 Å². The van der Waals surface area contributed by atoms with Crippen molar-refractivity contribution in [1.82, 2.24) is 4.57 Å². The number of aryl methyl sites for hydroxylation is 1. The normalized spacial score (nSPS) is 18.1. The van der Waals surface area contributed by atoms with E-state index in [1.165, 1.54) is 11.5 Å². The van der Waals surface area contributed by atoms with Crippen molar-refractivity contribution in [3.05, 3.63) is 96.2 Å². The van der Waals surface area contributed by atoms with Crippen molar-refractivity contribution in [2.45, 2.75) is 33.7 Å². The zero-order chi connectivity index (χ0) is 25.7. The van der Waals surface area contributed by atoms with E-state index in [2.05, 4.69) is 4.99 Å². The number of imide groups is 1. The van der Waals surface area contributed by atoms with E-state index in [1.807, 2.05) is 31.2 Å². The summed E-state index contributed by atoms with van der Waals surface area (Å²) in [4.78, 5) is 58.7. The Morgan fingerprint density at radius 2 is 1.75 bits per heavy atom. The number of esters is 1. The number of carbonyl (C=O) groups excluding carboxylic acids is 3. The van der Waals surface area contributed by atoms with Gasteiger partial charge in [0, 0.05) is 12.5 Å². The lowest BCUT2D eigenvalue weighted by atomic mass is 9.95. The zero-order valence-corrected chi connectivity index (χ0v) is 21.0. The largest absolute Gasteiger partial charge is 0.463 e. The lowest BCUT2D eigenvalue weighted by molar-refractivity contribution is -0.139. The number of hydrogen-bond donors (Lipinski definition) is 0. The van der Waals surface area contributed by atoms with E-state index < -0.39 is 29.4 Å². The summed E-state index contributed by atoms with van der Waals surface area (Å²) in [6.07, 6.45) is 0. The number of anilines is 1. The lowest BCUT2D eigenvalue weighted by Crippen LogP contribution is -2.41. The molecule has 0 saturated carbocycles. The van der Waals surface area contributed by atoms with Gasteiger partial charge in [0.05, 0.1) is 35.2 Å². The smallest absolute Gasteiger partial charge is 0.338 e. The number of rotatable bonds is 3. The first-order chi connectivity index (χ1) is 17.2. The average Bonchev–Trinajstić information content (AvgIpc) is 3.31. The fourth-order valence-corrected chi connectivity index (χ4v) is 5.79. The van der Waals surface area contributed by atoms with Gasteiger partial charge in [0.25, 0.3) is 11.5 Å². The minimum absolute atomic E-state index is 0.158. The summed E-state index contributed by atoms with van der Waals surface area (Å²) in [5, 5.41) is 0. The lowest BCUT2D eigenvalue weighted by Gasteiger charge is -2.24. The molecule has 9 heteroatoms. The van der Waals surface area contributed by atoms with E-state index in [0.29, 0.717) is 21.7 Å². The SMILES string of the molecule is CCOC(=O)C1=C(C)N=c2s/c(=C3\C(=O)N(C(C)=O)c4ccccc43)c(=O)n2C1c1ccc(C)cc1. The van der Waals surface area contributed by atoms with Crippen LogP contribution in [-0.2, 0) is 19.1 Å². The molecule has 0 fully saturated rings. The molecule has 0 N–H and O–H groups in total. The van der Waals surface area contributed by atoms with Crippen LogP contribution in [0.5, 0.6) is 0 Å². The molecule has 5 rings (SSSR count). The maximum Gasteiger partial charge on any atom is 0.338 e. The molecule has 36 heavy (non-hydrogen) atoms. The number of nitrogens with zero attached hydrogens (tertiary/aromatic N) is 3. The summed E-state index contributed by atoms with van der Waals surface area (Å²) in [5.41, 5.74) is 3.12. The summed E-state index contributed by atoms with van der Waals surface area (Å²) in [6.45, 7) is 6.87. The van der Waals surface area contributed by atoms with Gasteiger partial charge in [0.1, 0.15) is 4.53 Å². The van der Waals surface area contributed by atoms with E-state index in [1.54, 1.807) is 38.1 Å². The van der Waals surface area contributed by atoms with Crippen LogP contribution in [0.3, 0.4) is 0 Å². The van der Waals surface area contributed by atoms with Gasteiger partial charge in [0.15, 0.2) is 4.80 Å². The van der Waals surface area contributed by atoms with Gasteiger partial charge < -0.3 is 4.74 Å². The summed E-state index contributed by atoms with van der Waals surface area (Å²) in [6, 6.07) is 13.7. The number of hydrogen-bond acceptors (Lipinski definition) is 7. The van der Waals surface area contributed by atoms with Crippen LogP contribution in [0.15, 0.2) is 69.6 Å². The summed E-state index contributed by atoms with van der Waals surface area (Å²) in [7, 11) is 0. The van der Waals surface area contributed by atoms with Crippen molar-refractivity contribution in [2.75, 3.05) is 11.5 Å². The standard InChI is InChI=1S/C27H23N3O5S/c1-5-35-26(34)20-15(3)28-27-30(22(20)17-12-10-14(2)11-13-17)25(33)23(36-27)21-18-8-6-7-9-19(18)29(16(4)31)24(21)32/h6-13,22H,5H2,1-4H3/b23-21-. The Labute approximate surface area is 210 Å². The molecular weight excluding hydrogens is 478 g/mol. The van der Waals surface area contributed by atoms with Crippen LogP contribution in [0.4, 0.5) is 5.69 Å². The summed E-state index contributed by atoms with van der Waals surface area (Å²) in [5.74, 6) is -1.54. The molecule has 2 aromatic carbocycles. The molecule has 182 valence electrons. The predicted octanol–water partition coefficient (Wildman–Crippen LogP) is 2.37. The van der Waals surface area contributed by atoms with Gasteiger partial charge in [-0.2, -0.15) is 0 Å². The van der Waals surface area contributed by atoms with Crippen LogP contribution < -0.4 is 19.8 Å². The van der Waals surface area contributed by atoms with E-state index in [0.717, 1.165) is 27.4 Å². The van der Waals surface area contributed by atoms with E-state index in [-0.39, 0.29) is 22.3 Å². The first-order valence-corrected chi connectivity index (χ1v) is 12.3. The summed E-state index contributed by atoms with van der Waals surface area (Å²) >= 11 is 1.07. The van der Waals surface area contributed by atoms with Crippen LogP contribution >= 0.6 is 11.3 Å². The first-order valence-electron chi connectivity index (χ1n) is 11.5. The van der Waals surface area contributed by atoms with Crippen LogP contribution in [0, 0.1) is 6.92 Å². The quantitative estimate of drug-likeness (QED) is 0.514. The third-order valence-electron chi connectivity index (χ3n) is 6.26. The third-order valence-corrected chi connectivity index (χ3v) is 7.31. The molecule has 1 aromatic heterocycles. The van der Waals surface area contributed by atoms with Gasteiger partial charge in [-0.3, -0.25) is 19.0 Å². The number of carbonyl (C=O) groups is 3. The number of amides is 2. The Bertz CT molecular complexity index is 1660. The highest BCUT2D eigenvalue weighted by atomic mass is 32.1. The second kappa shape index (κ2) is 8.83. The molecular formula is C27H23N3O5S. The highest BCUT2D eigenvalue weighted by Gasteiger charge is 2.38. The van der Waals surface area contributed by atoms with Crippen LogP contribution in [-0.4, -0.2) is 29.0 Å². The second-order valence-corrected chi connectivity index (χ2v) is 9.56. The topological polar surface area (TPSA) is 98.0 Å². The maximum atomic E-state index is 14.0. The molecule has 2 aliphatic rings. The predicted molar refractivity (Wildman–Crippen MR) is 135 cm³/mol. The second-order valence-electron chi connectivity index (χ2n) is 8.59. The maximum absolute atomic E-state index is 14.0. The van der Waals surface area contributed by atoms with Gasteiger partial charge in [-0.1, -0.05) is 59.4 Å². The molecule has 3 heterocycles. The Balaban J connectivity index is 1.83. The van der Waals surface area contributed by atoms with Crippen LogP contribution in [0.2, 0.25) is 0 Å². The number of ether oxygens (including phenoxy) is 1. The molecule has 2 amide bonds. The third kappa shape index (κ3) is 3.54. The van der Waals surface area contributed by atoms with Gasteiger partial charge >= 0.3 is 5.97 Å². The highest BCUT2D eigenvalue weighted by molar-refractivity contribution is 7.07. The molecule has 0 radical (unpaired) electrons. The van der Waals surface area contributed by atoms with Gasteiger partial charge in [-0.15, -0.1) is 0 Å². The minimum Gasteiger partial charge on any atom is -0.463 e. The summed E-state index contributed by atoms with van der Waals surface area (Å²) < 4.78 is 6.94. The minimum atomic E-state index is -0.772. The molecule has 0 spiro atoms. The molecule has 1 unspecified atom stereocenters. The van der Waals surface area contributed by atoms with Crippen LogP contribution in [0.25, 0.3) is 5.57 Å². The molecule has 0 bridgehead atoms. The number of benzene rings is 2. The molecule has 8 nitrogen and oxygen atoms in total. The molecule has 2 aliphatic heterocycles. The van der Waals surface area contributed by atoms with E-state index in [9.17, 15) is 19.2 Å². The van der Waals surface area contributed by atoms with E-state index in [4.69, 9.17) is 4.74 Å². The molecule has 3 aromatic rings. The fourth-order valence-electron chi connectivity index (χ4n) is 4.65. The number of allylic oxidation sites excluding steroid dienone is 1. The highest BCUT2D eigenvalue weighted by Crippen LogP contribution is 2.35. The molecule has 0 saturated heterocycles. The monoisotopic (exact) mass is 501 g/mol. The van der Waals surface area contributed by atoms with Gasteiger partial charge in [-0.25, -0.2) is 14.7 Å². The van der Waals surface area contributed by atoms with Crippen molar-refractivity contribution in [3.63, 3.8) is 0 Å². The van der Waals surface area contributed by atoms with Crippen molar-refractivity contribution < 1.29 is 19.1 Å².